The molecule has 11 heteroatoms. The first-order chi connectivity index (χ1) is 7.56. The number of hydrogen-bond acceptors (Lipinski definition) is 4. The van der Waals surface area contributed by atoms with Gasteiger partial charge in [0.05, 0.1) is 10.0 Å². The third-order valence-corrected chi connectivity index (χ3v) is 5.98. The van der Waals surface area contributed by atoms with Crippen LogP contribution in [0.25, 0.3) is 4.13 Å². The fourth-order valence-corrected chi connectivity index (χ4v) is 4.45. The van der Waals surface area contributed by atoms with E-state index >= 15 is 0 Å². The summed E-state index contributed by atoms with van der Waals surface area (Å²) in [7, 11) is -10.6. The topological polar surface area (TPSA) is 82.4 Å². The zero-order valence-electron chi connectivity index (χ0n) is 9.64. The summed E-state index contributed by atoms with van der Waals surface area (Å²) in [4.78, 5) is 0. The third kappa shape index (κ3) is 4.64. The summed E-state index contributed by atoms with van der Waals surface area (Å²) in [5.41, 5.74) is -5.67. The van der Waals surface area contributed by atoms with Crippen LogP contribution in [-0.2, 0) is 20.0 Å². The summed E-state index contributed by atoms with van der Waals surface area (Å²) in [6.45, 7) is 0. The molecule has 0 radical (unpaired) electrons. The van der Waals surface area contributed by atoms with Gasteiger partial charge in [-0.2, -0.15) is 13.2 Å². The molecule has 0 aliphatic heterocycles. The van der Waals surface area contributed by atoms with Gasteiger partial charge in [-0.25, -0.2) is 16.8 Å². The van der Waals surface area contributed by atoms with E-state index in [1.54, 1.807) is 0 Å². The third-order valence-electron chi connectivity index (χ3n) is 2.47. The maximum atomic E-state index is 12.0. The van der Waals surface area contributed by atoms with Gasteiger partial charge < -0.3 is 4.13 Å². The molecule has 102 valence electrons. The van der Waals surface area contributed by atoms with E-state index in [1.165, 1.54) is 0 Å². The number of hydrogen-bond donors (Lipinski definition) is 0. The zero-order valence-corrected chi connectivity index (χ0v) is 13.3. The first-order valence-electron chi connectivity index (χ1n) is 4.86. The van der Waals surface area contributed by atoms with E-state index in [-0.39, 0.29) is 42.4 Å². The predicted molar refractivity (Wildman–Crippen MR) is 54.1 cm³/mol. The standard InChI is InChI=1S/C7H11F3NO4S2.Na/c8-7(9,10)17(14,15)11-16(12,13)6-4-2-1-3-5-6;/h6H,1-5H2;/q-1;+1. The fourth-order valence-electron chi connectivity index (χ4n) is 1.60. The van der Waals surface area contributed by atoms with Crippen molar-refractivity contribution in [2.24, 2.45) is 0 Å². The molecule has 0 saturated heterocycles. The first-order valence-corrected chi connectivity index (χ1v) is 7.80. The quantitative estimate of drug-likeness (QED) is 0.617. The van der Waals surface area contributed by atoms with Gasteiger partial charge in [0, 0.05) is 5.25 Å². The molecule has 0 N–H and O–H groups in total. The van der Waals surface area contributed by atoms with Gasteiger partial charge in [-0.05, 0) is 12.8 Å². The number of nitrogens with zero attached hydrogens (tertiary/aromatic N) is 1. The van der Waals surface area contributed by atoms with Crippen molar-refractivity contribution in [3.8, 4) is 0 Å². The number of sulfonamides is 2. The van der Waals surface area contributed by atoms with Crippen molar-refractivity contribution < 1.29 is 59.6 Å². The molecule has 0 aromatic heterocycles. The molecular formula is C7H11F3NNaO4S2. The van der Waals surface area contributed by atoms with E-state index in [0.717, 1.165) is 6.42 Å². The normalized spacial score (nSPS) is 19.3. The van der Waals surface area contributed by atoms with Crippen LogP contribution in [0.15, 0.2) is 0 Å². The molecule has 5 nitrogen and oxygen atoms in total. The van der Waals surface area contributed by atoms with Crippen LogP contribution < -0.4 is 29.6 Å². The summed E-state index contributed by atoms with van der Waals surface area (Å²) in [5, 5.41) is -1.12. The summed E-state index contributed by atoms with van der Waals surface area (Å²) in [6, 6.07) is 0. The zero-order chi connectivity index (χ0) is 13.3. The molecule has 1 fully saturated rings. The Morgan fingerprint density at radius 1 is 0.944 bits per heavy atom. The second-order valence-corrected chi connectivity index (χ2v) is 7.48. The molecule has 1 aliphatic carbocycles. The van der Waals surface area contributed by atoms with Gasteiger partial charge in [-0.1, -0.05) is 19.3 Å². The van der Waals surface area contributed by atoms with Crippen LogP contribution in [0.5, 0.6) is 0 Å². The monoisotopic (exact) mass is 317 g/mol. The van der Waals surface area contributed by atoms with Gasteiger partial charge in [0.2, 0.25) is 0 Å². The molecule has 0 spiro atoms. The molecule has 0 heterocycles. The largest absolute Gasteiger partial charge is 1.00 e. The molecule has 1 saturated carbocycles. The Bertz CT molecular complexity index is 467. The average Bonchev–Trinajstić information content (AvgIpc) is 2.15. The Kier molecular flexibility index (Phi) is 6.63. The van der Waals surface area contributed by atoms with E-state index in [0.29, 0.717) is 12.8 Å². The number of alkyl halides is 3. The van der Waals surface area contributed by atoms with Gasteiger partial charge in [0.15, 0.2) is 10.0 Å². The van der Waals surface area contributed by atoms with Crippen molar-refractivity contribution in [2.45, 2.75) is 42.9 Å². The Morgan fingerprint density at radius 2 is 1.39 bits per heavy atom. The van der Waals surface area contributed by atoms with Crippen molar-refractivity contribution in [2.75, 3.05) is 0 Å². The van der Waals surface area contributed by atoms with Crippen LogP contribution in [0, 0.1) is 0 Å². The van der Waals surface area contributed by atoms with Crippen molar-refractivity contribution in [1.29, 1.82) is 0 Å². The number of halogens is 3. The van der Waals surface area contributed by atoms with E-state index < -0.39 is 30.8 Å². The van der Waals surface area contributed by atoms with E-state index in [1.807, 2.05) is 0 Å². The molecule has 0 bridgehead atoms. The number of rotatable bonds is 3. The van der Waals surface area contributed by atoms with Crippen LogP contribution >= 0.6 is 0 Å². The van der Waals surface area contributed by atoms with Gasteiger partial charge in [-0.15, -0.1) is 0 Å². The molecule has 0 unspecified atom stereocenters. The van der Waals surface area contributed by atoms with Crippen molar-refractivity contribution in [3.63, 3.8) is 0 Å². The van der Waals surface area contributed by atoms with Crippen LogP contribution in [0.2, 0.25) is 0 Å². The Hall–Kier alpha value is 0.650. The van der Waals surface area contributed by atoms with Gasteiger partial charge in [0.1, 0.15) is 0 Å². The second-order valence-electron chi connectivity index (χ2n) is 3.77. The molecule has 18 heavy (non-hydrogen) atoms. The van der Waals surface area contributed by atoms with Crippen LogP contribution in [0.1, 0.15) is 32.1 Å². The molecule has 1 aliphatic rings. The Labute approximate surface area is 126 Å². The minimum atomic E-state index is -5.97. The Balaban J connectivity index is 0.00000289. The second kappa shape index (κ2) is 6.40. The summed E-state index contributed by atoms with van der Waals surface area (Å²) in [6.07, 6.45) is 2.19. The van der Waals surface area contributed by atoms with Crippen LogP contribution in [0.3, 0.4) is 0 Å². The SMILES string of the molecule is O=S(=O)([N-]S(=O)(=O)C(F)(F)F)C1CCCCC1.[Na+]. The van der Waals surface area contributed by atoms with Gasteiger partial charge in [-0.3, -0.25) is 0 Å². The first kappa shape index (κ1) is 18.7. The van der Waals surface area contributed by atoms with Gasteiger partial charge >= 0.3 is 35.1 Å². The van der Waals surface area contributed by atoms with Crippen LogP contribution in [-0.4, -0.2) is 27.6 Å². The minimum absolute atomic E-state index is 0. The van der Waals surface area contributed by atoms with E-state index in [4.69, 9.17) is 0 Å². The van der Waals surface area contributed by atoms with Crippen molar-refractivity contribution >= 4 is 20.0 Å². The average molecular weight is 317 g/mol. The molecule has 0 amide bonds. The molecule has 0 aromatic carbocycles. The Morgan fingerprint density at radius 3 is 1.78 bits per heavy atom. The smallest absolute Gasteiger partial charge is 0.428 e. The maximum absolute atomic E-state index is 12.0. The van der Waals surface area contributed by atoms with Crippen molar-refractivity contribution in [3.05, 3.63) is 4.13 Å². The van der Waals surface area contributed by atoms with Crippen molar-refractivity contribution in [1.82, 2.24) is 0 Å². The summed E-state index contributed by atoms with van der Waals surface area (Å²) < 4.78 is 82.1. The minimum Gasteiger partial charge on any atom is -0.428 e. The maximum Gasteiger partial charge on any atom is 1.00 e. The van der Waals surface area contributed by atoms with E-state index in [9.17, 15) is 30.0 Å². The summed E-state index contributed by atoms with van der Waals surface area (Å²) in [5.74, 6) is 0. The molecule has 1 rings (SSSR count). The molecular weight excluding hydrogens is 306 g/mol. The summed E-state index contributed by atoms with van der Waals surface area (Å²) >= 11 is 0. The fraction of sp³-hybridized carbons (Fsp3) is 1.00. The van der Waals surface area contributed by atoms with Gasteiger partial charge in [0.25, 0.3) is 0 Å². The van der Waals surface area contributed by atoms with E-state index in [2.05, 4.69) is 4.13 Å². The predicted octanol–water partition coefficient (Wildman–Crippen LogP) is -1.12. The van der Waals surface area contributed by atoms with Crippen LogP contribution in [0.4, 0.5) is 13.2 Å². The molecule has 0 atom stereocenters. The molecule has 0 aromatic rings.